The van der Waals surface area contributed by atoms with Crippen LogP contribution >= 0.6 is 0 Å². The summed E-state index contributed by atoms with van der Waals surface area (Å²) in [5.41, 5.74) is 8.85. The van der Waals surface area contributed by atoms with E-state index in [1.54, 1.807) is 4.90 Å². The summed E-state index contributed by atoms with van der Waals surface area (Å²) >= 11 is 0. The van der Waals surface area contributed by atoms with Gasteiger partial charge >= 0.3 is 0 Å². The third-order valence-corrected chi connectivity index (χ3v) is 7.00. The van der Waals surface area contributed by atoms with Crippen LogP contribution in [-0.2, 0) is 27.4 Å². The molecular weight excluding hydrogens is 398 g/mol. The topological polar surface area (TPSA) is 108 Å². The van der Waals surface area contributed by atoms with Gasteiger partial charge in [-0.2, -0.15) is 0 Å². The Morgan fingerprint density at radius 1 is 1.10 bits per heavy atom. The maximum absolute atomic E-state index is 13.3. The highest BCUT2D eigenvalue weighted by molar-refractivity contribution is 6.05. The molecule has 3 atom stereocenters. The van der Waals surface area contributed by atoms with Crippen LogP contribution in [0.4, 0.5) is 0 Å². The van der Waals surface area contributed by atoms with Crippen molar-refractivity contribution in [1.82, 2.24) is 20.0 Å². The van der Waals surface area contributed by atoms with Crippen molar-refractivity contribution in [2.45, 2.75) is 44.1 Å². The van der Waals surface area contributed by atoms with Gasteiger partial charge in [0.2, 0.25) is 11.8 Å². The number of carbonyl (C=O) groups is 3. The standard InChI is InChI=1S/C22H29N5O4/c23-16-12-31-13-18(16)26-8-6-25(7-9-26)10-14-2-1-3-15-11-27(22(30)20(14)15)17-4-5-19(28)24-21(17)29/h1-3,16-18H,4-13,23H2,(H,24,28,29)/t16-,17?,18-/m1/s1. The fourth-order valence-corrected chi connectivity index (χ4v) is 5.25. The number of fused-ring (bicyclic) bond motifs is 1. The zero-order valence-electron chi connectivity index (χ0n) is 17.6. The fraction of sp³-hybridized carbons (Fsp3) is 0.591. The Morgan fingerprint density at radius 3 is 2.61 bits per heavy atom. The Labute approximate surface area is 181 Å². The summed E-state index contributed by atoms with van der Waals surface area (Å²) in [6.45, 7) is 6.17. The van der Waals surface area contributed by atoms with E-state index in [9.17, 15) is 14.4 Å². The number of imide groups is 1. The second-order valence-corrected chi connectivity index (χ2v) is 8.93. The molecule has 5 rings (SSSR count). The normalized spacial score (nSPS) is 30.0. The van der Waals surface area contributed by atoms with E-state index >= 15 is 0 Å². The number of nitrogens with one attached hydrogen (secondary N) is 1. The zero-order chi connectivity index (χ0) is 21.5. The van der Waals surface area contributed by atoms with Gasteiger partial charge in [0.25, 0.3) is 5.91 Å². The van der Waals surface area contributed by atoms with Crippen LogP contribution in [0.1, 0.15) is 34.3 Å². The average Bonchev–Trinajstić information content (AvgIpc) is 3.33. The largest absolute Gasteiger partial charge is 0.378 e. The number of hydrogen-bond donors (Lipinski definition) is 2. The molecule has 1 unspecified atom stereocenters. The molecule has 0 aromatic heterocycles. The lowest BCUT2D eigenvalue weighted by molar-refractivity contribution is -0.136. The SMILES string of the molecule is N[C@@H]1COC[C@H]1N1CCN(Cc2cccc3c2C(=O)N(C2CCC(=O)NC2=O)C3)CC1. The molecule has 166 valence electrons. The Kier molecular flexibility index (Phi) is 5.51. The maximum atomic E-state index is 13.3. The molecule has 0 bridgehead atoms. The van der Waals surface area contributed by atoms with E-state index in [-0.39, 0.29) is 30.2 Å². The molecule has 0 saturated carbocycles. The lowest BCUT2D eigenvalue weighted by atomic mass is 10.0. The molecule has 4 aliphatic heterocycles. The van der Waals surface area contributed by atoms with E-state index in [0.29, 0.717) is 38.8 Å². The van der Waals surface area contributed by atoms with Crippen LogP contribution in [0.3, 0.4) is 0 Å². The summed E-state index contributed by atoms with van der Waals surface area (Å²) in [5.74, 6) is -0.743. The van der Waals surface area contributed by atoms with E-state index in [4.69, 9.17) is 10.5 Å². The Hall–Kier alpha value is -2.33. The van der Waals surface area contributed by atoms with Crippen LogP contribution in [-0.4, -0.2) is 89.9 Å². The van der Waals surface area contributed by atoms with Crippen molar-refractivity contribution in [3.63, 3.8) is 0 Å². The number of benzene rings is 1. The van der Waals surface area contributed by atoms with Crippen LogP contribution in [0.25, 0.3) is 0 Å². The van der Waals surface area contributed by atoms with Gasteiger partial charge in [-0.25, -0.2) is 0 Å². The number of ether oxygens (including phenoxy) is 1. The molecule has 1 aromatic carbocycles. The van der Waals surface area contributed by atoms with E-state index in [1.165, 1.54) is 0 Å². The molecule has 0 aliphatic carbocycles. The molecule has 3 N–H and O–H groups in total. The minimum atomic E-state index is -0.577. The zero-order valence-corrected chi connectivity index (χ0v) is 17.6. The van der Waals surface area contributed by atoms with Gasteiger partial charge in [0, 0.05) is 57.3 Å². The first kappa shape index (κ1) is 20.6. The highest BCUT2D eigenvalue weighted by Crippen LogP contribution is 2.30. The summed E-state index contributed by atoms with van der Waals surface area (Å²) in [5, 5.41) is 2.36. The third kappa shape index (κ3) is 3.87. The summed E-state index contributed by atoms with van der Waals surface area (Å²) in [6, 6.07) is 5.76. The predicted molar refractivity (Wildman–Crippen MR) is 112 cm³/mol. The van der Waals surface area contributed by atoms with E-state index < -0.39 is 6.04 Å². The van der Waals surface area contributed by atoms with Crippen molar-refractivity contribution < 1.29 is 19.1 Å². The first-order chi connectivity index (χ1) is 15.0. The number of nitrogens with two attached hydrogens (primary N) is 1. The number of carbonyl (C=O) groups excluding carboxylic acids is 3. The van der Waals surface area contributed by atoms with Crippen LogP contribution < -0.4 is 11.1 Å². The second-order valence-electron chi connectivity index (χ2n) is 8.93. The number of piperazine rings is 1. The highest BCUT2D eigenvalue weighted by Gasteiger charge is 2.40. The van der Waals surface area contributed by atoms with Crippen molar-refractivity contribution in [2.75, 3.05) is 39.4 Å². The van der Waals surface area contributed by atoms with Crippen molar-refractivity contribution in [1.29, 1.82) is 0 Å². The van der Waals surface area contributed by atoms with Crippen LogP contribution in [0, 0.1) is 0 Å². The van der Waals surface area contributed by atoms with Gasteiger partial charge in [-0.1, -0.05) is 18.2 Å². The minimum absolute atomic E-state index is 0.0832. The maximum Gasteiger partial charge on any atom is 0.255 e. The van der Waals surface area contributed by atoms with Gasteiger partial charge in [-0.15, -0.1) is 0 Å². The van der Waals surface area contributed by atoms with Crippen LogP contribution in [0.15, 0.2) is 18.2 Å². The van der Waals surface area contributed by atoms with Crippen molar-refractivity contribution >= 4 is 17.7 Å². The number of hydrogen-bond acceptors (Lipinski definition) is 7. The van der Waals surface area contributed by atoms with Gasteiger partial charge < -0.3 is 15.4 Å². The van der Waals surface area contributed by atoms with Crippen molar-refractivity contribution in [2.24, 2.45) is 5.73 Å². The van der Waals surface area contributed by atoms with Gasteiger partial charge in [0.15, 0.2) is 0 Å². The van der Waals surface area contributed by atoms with Crippen molar-refractivity contribution in [3.05, 3.63) is 34.9 Å². The highest BCUT2D eigenvalue weighted by atomic mass is 16.5. The number of amides is 3. The molecule has 31 heavy (non-hydrogen) atoms. The minimum Gasteiger partial charge on any atom is -0.378 e. The number of rotatable bonds is 4. The summed E-state index contributed by atoms with van der Waals surface area (Å²) in [7, 11) is 0. The third-order valence-electron chi connectivity index (χ3n) is 7.00. The molecular formula is C22H29N5O4. The molecule has 3 fully saturated rings. The predicted octanol–water partition coefficient (Wildman–Crippen LogP) is -0.709. The van der Waals surface area contributed by atoms with Gasteiger partial charge in [-0.3, -0.25) is 29.5 Å². The second kappa shape index (κ2) is 8.31. The van der Waals surface area contributed by atoms with Crippen LogP contribution in [0.2, 0.25) is 0 Å². The molecule has 1 aromatic rings. The molecule has 3 amide bonds. The van der Waals surface area contributed by atoms with Crippen LogP contribution in [0.5, 0.6) is 0 Å². The van der Waals surface area contributed by atoms with E-state index in [1.807, 2.05) is 18.2 Å². The van der Waals surface area contributed by atoms with Gasteiger partial charge in [0.1, 0.15) is 6.04 Å². The smallest absolute Gasteiger partial charge is 0.255 e. The molecule has 3 saturated heterocycles. The summed E-state index contributed by atoms with van der Waals surface area (Å²) in [6.07, 6.45) is 0.651. The van der Waals surface area contributed by atoms with E-state index in [2.05, 4.69) is 15.1 Å². The fourth-order valence-electron chi connectivity index (χ4n) is 5.25. The Bertz CT molecular complexity index is 898. The first-order valence-corrected chi connectivity index (χ1v) is 11.1. The lowest BCUT2D eigenvalue weighted by Gasteiger charge is -2.38. The first-order valence-electron chi connectivity index (χ1n) is 11.1. The molecule has 9 heteroatoms. The Morgan fingerprint density at radius 2 is 1.90 bits per heavy atom. The van der Waals surface area contributed by atoms with Gasteiger partial charge in [0.05, 0.1) is 19.3 Å². The van der Waals surface area contributed by atoms with E-state index in [0.717, 1.165) is 42.9 Å². The number of nitrogens with zero attached hydrogens (tertiary/aromatic N) is 3. The molecule has 0 spiro atoms. The number of piperidine rings is 1. The molecule has 4 heterocycles. The molecule has 0 radical (unpaired) electrons. The summed E-state index contributed by atoms with van der Waals surface area (Å²) in [4.78, 5) is 43.4. The summed E-state index contributed by atoms with van der Waals surface area (Å²) < 4.78 is 5.51. The molecule has 4 aliphatic rings. The van der Waals surface area contributed by atoms with Crippen molar-refractivity contribution in [3.8, 4) is 0 Å². The quantitative estimate of drug-likeness (QED) is 0.611. The van der Waals surface area contributed by atoms with Gasteiger partial charge in [-0.05, 0) is 17.5 Å². The monoisotopic (exact) mass is 427 g/mol. The average molecular weight is 428 g/mol. The Balaban J connectivity index is 1.25. The lowest BCUT2D eigenvalue weighted by Crippen LogP contribution is -2.55. The molecule has 9 nitrogen and oxygen atoms in total.